The zero-order valence-corrected chi connectivity index (χ0v) is 12.3. The van der Waals surface area contributed by atoms with Crippen LogP contribution in [-0.4, -0.2) is 27.1 Å². The number of carboxylic acids is 1. The molecule has 0 saturated carbocycles. The van der Waals surface area contributed by atoms with Crippen LogP contribution in [0.1, 0.15) is 26.1 Å². The highest BCUT2D eigenvalue weighted by atomic mass is 32.1. The Kier molecular flexibility index (Phi) is 4.49. The Morgan fingerprint density at radius 3 is 2.67 bits per heavy atom. The Balaban J connectivity index is 1.90. The second-order valence-corrected chi connectivity index (χ2v) is 5.41. The van der Waals surface area contributed by atoms with Crippen LogP contribution in [0, 0.1) is 13.8 Å². The average Bonchev–Trinajstić information content (AvgIpc) is 2.81. The molecule has 0 aliphatic heterocycles. The maximum atomic E-state index is 11.7. The van der Waals surface area contributed by atoms with Crippen LogP contribution in [0.3, 0.4) is 0 Å². The predicted octanol–water partition coefficient (Wildman–Crippen LogP) is 2.17. The number of pyridine rings is 1. The Morgan fingerprint density at radius 2 is 2.10 bits per heavy atom. The number of nitrogens with one attached hydrogen (secondary N) is 2. The number of carbonyl (C=O) groups excluding carboxylic acids is 1. The first-order chi connectivity index (χ1) is 9.95. The van der Waals surface area contributed by atoms with Gasteiger partial charge in [0.25, 0.3) is 0 Å². The fourth-order valence-corrected chi connectivity index (χ4v) is 2.44. The van der Waals surface area contributed by atoms with Crippen molar-refractivity contribution in [3.05, 3.63) is 39.6 Å². The molecule has 0 spiro atoms. The normalized spacial score (nSPS) is 10.2. The van der Waals surface area contributed by atoms with E-state index in [9.17, 15) is 9.59 Å². The van der Waals surface area contributed by atoms with E-state index in [2.05, 4.69) is 20.6 Å². The van der Waals surface area contributed by atoms with Crippen molar-refractivity contribution in [1.29, 1.82) is 0 Å². The van der Waals surface area contributed by atoms with E-state index in [1.165, 1.54) is 0 Å². The van der Waals surface area contributed by atoms with E-state index in [1.54, 1.807) is 25.3 Å². The lowest BCUT2D eigenvalue weighted by molar-refractivity contribution is 0.0701. The van der Waals surface area contributed by atoms with Crippen LogP contribution >= 0.6 is 11.3 Å². The minimum absolute atomic E-state index is 0.171. The summed E-state index contributed by atoms with van der Waals surface area (Å²) in [4.78, 5) is 31.0. The molecule has 0 radical (unpaired) electrons. The SMILES string of the molecule is Cc1ccc(NC(=O)NCc2nc(C)c(C(=O)O)s2)cn1. The summed E-state index contributed by atoms with van der Waals surface area (Å²) in [6.07, 6.45) is 1.56. The van der Waals surface area contributed by atoms with Gasteiger partial charge >= 0.3 is 12.0 Å². The van der Waals surface area contributed by atoms with E-state index in [1.807, 2.05) is 6.92 Å². The number of anilines is 1. The molecule has 2 rings (SSSR count). The largest absolute Gasteiger partial charge is 0.477 e. The van der Waals surface area contributed by atoms with Gasteiger partial charge < -0.3 is 15.7 Å². The third-order valence-electron chi connectivity index (χ3n) is 2.60. The number of thiazole rings is 1. The van der Waals surface area contributed by atoms with Gasteiger partial charge in [-0.15, -0.1) is 11.3 Å². The van der Waals surface area contributed by atoms with Gasteiger partial charge in [0, 0.05) is 5.69 Å². The third-order valence-corrected chi connectivity index (χ3v) is 3.75. The molecule has 0 atom stereocenters. The number of nitrogens with zero attached hydrogens (tertiary/aromatic N) is 2. The Bertz CT molecular complexity index is 667. The first-order valence-electron chi connectivity index (χ1n) is 6.13. The van der Waals surface area contributed by atoms with Crippen LogP contribution in [0.15, 0.2) is 18.3 Å². The van der Waals surface area contributed by atoms with Crippen molar-refractivity contribution in [2.75, 3.05) is 5.32 Å². The van der Waals surface area contributed by atoms with Crippen LogP contribution in [0.2, 0.25) is 0 Å². The average molecular weight is 306 g/mol. The Hall–Kier alpha value is -2.48. The molecule has 7 nitrogen and oxygen atoms in total. The molecule has 2 heterocycles. The fraction of sp³-hybridized carbons (Fsp3) is 0.231. The highest BCUT2D eigenvalue weighted by Gasteiger charge is 2.14. The maximum absolute atomic E-state index is 11.7. The van der Waals surface area contributed by atoms with Gasteiger partial charge in [-0.1, -0.05) is 0 Å². The van der Waals surface area contributed by atoms with Gasteiger partial charge in [0.1, 0.15) is 9.88 Å². The number of rotatable bonds is 4. The van der Waals surface area contributed by atoms with E-state index < -0.39 is 12.0 Å². The Morgan fingerprint density at radius 1 is 1.33 bits per heavy atom. The number of carboxylic acid groups (broad SMARTS) is 1. The molecule has 21 heavy (non-hydrogen) atoms. The standard InChI is InChI=1S/C13H14N4O3S/c1-7-3-4-9(5-14-7)17-13(20)15-6-10-16-8(2)11(21-10)12(18)19/h3-5H,6H2,1-2H3,(H,18,19)(H2,15,17,20). The highest BCUT2D eigenvalue weighted by molar-refractivity contribution is 7.13. The monoisotopic (exact) mass is 306 g/mol. The first kappa shape index (κ1) is 14.9. The van der Waals surface area contributed by atoms with E-state index >= 15 is 0 Å². The molecule has 0 aliphatic rings. The molecular formula is C13H14N4O3S. The van der Waals surface area contributed by atoms with Crippen molar-refractivity contribution < 1.29 is 14.7 Å². The minimum atomic E-state index is -1.01. The first-order valence-corrected chi connectivity index (χ1v) is 6.94. The molecule has 2 amide bonds. The molecule has 3 N–H and O–H groups in total. The number of hydrogen-bond donors (Lipinski definition) is 3. The van der Waals surface area contributed by atoms with Crippen molar-refractivity contribution in [3.63, 3.8) is 0 Å². The van der Waals surface area contributed by atoms with Gasteiger partial charge in [0.2, 0.25) is 0 Å². The fourth-order valence-electron chi connectivity index (χ4n) is 1.60. The molecular weight excluding hydrogens is 292 g/mol. The summed E-state index contributed by atoms with van der Waals surface area (Å²) in [5.41, 5.74) is 1.90. The van der Waals surface area contributed by atoms with Gasteiger partial charge in [0.05, 0.1) is 24.1 Å². The van der Waals surface area contributed by atoms with Crippen molar-refractivity contribution >= 4 is 29.0 Å². The van der Waals surface area contributed by atoms with Gasteiger partial charge in [0.15, 0.2) is 0 Å². The minimum Gasteiger partial charge on any atom is -0.477 e. The Labute approximate surface area is 125 Å². The molecule has 2 aromatic heterocycles. The number of aromatic nitrogens is 2. The summed E-state index contributed by atoms with van der Waals surface area (Å²) < 4.78 is 0. The lowest BCUT2D eigenvalue weighted by atomic mass is 10.3. The van der Waals surface area contributed by atoms with Crippen LogP contribution in [0.4, 0.5) is 10.5 Å². The molecule has 0 bridgehead atoms. The van der Waals surface area contributed by atoms with Crippen LogP contribution in [0.5, 0.6) is 0 Å². The maximum Gasteiger partial charge on any atom is 0.347 e. The van der Waals surface area contributed by atoms with E-state index in [-0.39, 0.29) is 11.4 Å². The third kappa shape index (κ3) is 3.99. The summed E-state index contributed by atoms with van der Waals surface area (Å²) >= 11 is 1.05. The second-order valence-electron chi connectivity index (χ2n) is 4.32. The second kappa shape index (κ2) is 6.31. The molecule has 8 heteroatoms. The number of hydrogen-bond acceptors (Lipinski definition) is 5. The number of amides is 2. The highest BCUT2D eigenvalue weighted by Crippen LogP contribution is 2.17. The zero-order chi connectivity index (χ0) is 15.4. The summed E-state index contributed by atoms with van der Waals surface area (Å²) in [7, 11) is 0. The number of aromatic carboxylic acids is 1. The van der Waals surface area contributed by atoms with Crippen molar-refractivity contribution in [2.24, 2.45) is 0 Å². The van der Waals surface area contributed by atoms with Gasteiger partial charge in [-0.25, -0.2) is 14.6 Å². The lowest BCUT2D eigenvalue weighted by Gasteiger charge is -2.06. The van der Waals surface area contributed by atoms with Crippen LogP contribution in [0.25, 0.3) is 0 Å². The van der Waals surface area contributed by atoms with E-state index in [4.69, 9.17) is 5.11 Å². The summed E-state index contributed by atoms with van der Waals surface area (Å²) in [5.74, 6) is -1.01. The number of urea groups is 1. The van der Waals surface area contributed by atoms with E-state index in [0.29, 0.717) is 16.4 Å². The molecule has 0 aliphatic carbocycles. The van der Waals surface area contributed by atoms with Crippen LogP contribution < -0.4 is 10.6 Å². The topological polar surface area (TPSA) is 104 Å². The molecule has 0 aromatic carbocycles. The molecule has 110 valence electrons. The van der Waals surface area contributed by atoms with Gasteiger partial charge in [-0.05, 0) is 26.0 Å². The van der Waals surface area contributed by atoms with Crippen molar-refractivity contribution in [3.8, 4) is 0 Å². The summed E-state index contributed by atoms with van der Waals surface area (Å²) in [5, 5.41) is 14.7. The smallest absolute Gasteiger partial charge is 0.347 e. The van der Waals surface area contributed by atoms with Gasteiger partial charge in [-0.3, -0.25) is 4.98 Å². The van der Waals surface area contributed by atoms with Gasteiger partial charge in [-0.2, -0.15) is 0 Å². The molecule has 0 fully saturated rings. The molecule has 0 unspecified atom stereocenters. The number of carbonyl (C=O) groups is 2. The zero-order valence-electron chi connectivity index (χ0n) is 11.5. The summed E-state index contributed by atoms with van der Waals surface area (Å²) in [6, 6.07) is 3.14. The molecule has 0 saturated heterocycles. The van der Waals surface area contributed by atoms with Crippen molar-refractivity contribution in [1.82, 2.24) is 15.3 Å². The molecule has 2 aromatic rings. The quantitative estimate of drug-likeness (QED) is 0.803. The van der Waals surface area contributed by atoms with Crippen molar-refractivity contribution in [2.45, 2.75) is 20.4 Å². The van der Waals surface area contributed by atoms with Crippen LogP contribution in [-0.2, 0) is 6.54 Å². The lowest BCUT2D eigenvalue weighted by Crippen LogP contribution is -2.28. The summed E-state index contributed by atoms with van der Waals surface area (Å²) in [6.45, 7) is 3.65. The van der Waals surface area contributed by atoms with E-state index in [0.717, 1.165) is 17.0 Å². The number of aryl methyl sites for hydroxylation is 2. The predicted molar refractivity (Wildman–Crippen MR) is 78.6 cm³/mol.